The fraction of sp³-hybridized carbons (Fsp3) is 0.417. The highest BCUT2D eigenvalue weighted by molar-refractivity contribution is 6.28. The van der Waals surface area contributed by atoms with Gasteiger partial charge in [0.25, 0.3) is 0 Å². The smallest absolute Gasteiger partial charge is 0.328 e. The maximum atomic E-state index is 13.5. The van der Waals surface area contributed by atoms with E-state index < -0.39 is 17.8 Å². The van der Waals surface area contributed by atoms with E-state index in [1.807, 2.05) is 20.8 Å². The number of halogens is 2. The van der Waals surface area contributed by atoms with Crippen molar-refractivity contribution in [2.75, 3.05) is 5.32 Å². The summed E-state index contributed by atoms with van der Waals surface area (Å²) < 4.78 is 13.5. The molecule has 0 bridgehead atoms. The number of aromatic nitrogens is 2. The normalized spacial score (nSPS) is 13.5. The first-order chi connectivity index (χ1) is 8.70. The van der Waals surface area contributed by atoms with Crippen molar-refractivity contribution < 1.29 is 14.3 Å². The van der Waals surface area contributed by atoms with E-state index in [1.165, 1.54) is 6.08 Å². The molecule has 5 nitrogen and oxygen atoms in total. The van der Waals surface area contributed by atoms with E-state index in [4.69, 9.17) is 16.7 Å². The van der Waals surface area contributed by atoms with Gasteiger partial charge in [0.15, 0.2) is 11.6 Å². The summed E-state index contributed by atoms with van der Waals surface area (Å²) in [6, 6.07) is -0.427. The minimum Gasteiger partial charge on any atom is -0.478 e. The van der Waals surface area contributed by atoms with Crippen molar-refractivity contribution in [3.63, 3.8) is 0 Å². The Kier molecular flexibility index (Phi) is 4.83. The van der Waals surface area contributed by atoms with Gasteiger partial charge in [-0.3, -0.25) is 0 Å². The number of aliphatic carboxylic acids is 1. The van der Waals surface area contributed by atoms with E-state index in [9.17, 15) is 9.18 Å². The molecule has 0 amide bonds. The van der Waals surface area contributed by atoms with Crippen molar-refractivity contribution in [2.45, 2.75) is 26.8 Å². The molecule has 1 unspecified atom stereocenters. The summed E-state index contributed by atoms with van der Waals surface area (Å²) in [5.41, 5.74) is -0.337. The van der Waals surface area contributed by atoms with Crippen LogP contribution in [0.5, 0.6) is 0 Å². The monoisotopic (exact) mass is 287 g/mol. The number of rotatable bonds is 4. The predicted molar refractivity (Wildman–Crippen MR) is 70.6 cm³/mol. The highest BCUT2D eigenvalue weighted by atomic mass is 35.5. The third kappa shape index (κ3) is 4.82. The third-order valence-electron chi connectivity index (χ3n) is 2.37. The van der Waals surface area contributed by atoms with Crippen LogP contribution in [0.1, 0.15) is 20.8 Å². The number of hydrogen-bond acceptors (Lipinski definition) is 4. The van der Waals surface area contributed by atoms with E-state index in [-0.39, 0.29) is 16.5 Å². The van der Waals surface area contributed by atoms with Crippen LogP contribution in [-0.4, -0.2) is 27.1 Å². The summed E-state index contributed by atoms with van der Waals surface area (Å²) in [5.74, 6) is -1.78. The van der Waals surface area contributed by atoms with Crippen molar-refractivity contribution in [3.8, 4) is 0 Å². The largest absolute Gasteiger partial charge is 0.478 e. The van der Waals surface area contributed by atoms with E-state index in [0.29, 0.717) is 0 Å². The van der Waals surface area contributed by atoms with Crippen LogP contribution in [0.2, 0.25) is 5.28 Å². The summed E-state index contributed by atoms with van der Waals surface area (Å²) in [5, 5.41) is 11.4. The summed E-state index contributed by atoms with van der Waals surface area (Å²) in [6.45, 7) is 5.66. The van der Waals surface area contributed by atoms with E-state index >= 15 is 0 Å². The van der Waals surface area contributed by atoms with Gasteiger partial charge >= 0.3 is 5.97 Å². The van der Waals surface area contributed by atoms with Crippen molar-refractivity contribution in [1.29, 1.82) is 0 Å². The molecule has 19 heavy (non-hydrogen) atoms. The minimum absolute atomic E-state index is 0.0602. The van der Waals surface area contributed by atoms with Gasteiger partial charge in [-0.05, 0) is 17.0 Å². The molecule has 0 aliphatic rings. The molecule has 1 heterocycles. The van der Waals surface area contributed by atoms with Gasteiger partial charge in [0.05, 0.1) is 12.2 Å². The second-order valence-electron chi connectivity index (χ2n) is 5.02. The first-order valence-corrected chi connectivity index (χ1v) is 5.93. The minimum atomic E-state index is -1.07. The molecular weight excluding hydrogens is 273 g/mol. The maximum absolute atomic E-state index is 13.5. The second kappa shape index (κ2) is 5.97. The number of nitrogens with one attached hydrogen (secondary N) is 1. The zero-order valence-electron chi connectivity index (χ0n) is 10.8. The molecule has 104 valence electrons. The SMILES string of the molecule is CC(C)(C)C(/C=C/C(=O)O)Nc1nc(Cl)ncc1F. The molecule has 1 atom stereocenters. The molecule has 0 radical (unpaired) electrons. The van der Waals surface area contributed by atoms with Gasteiger partial charge in [-0.2, -0.15) is 4.98 Å². The lowest BCUT2D eigenvalue weighted by Gasteiger charge is -2.29. The number of anilines is 1. The Morgan fingerprint density at radius 2 is 2.21 bits per heavy atom. The Balaban J connectivity index is 3.01. The summed E-state index contributed by atoms with van der Waals surface area (Å²) in [4.78, 5) is 17.8. The number of carbonyl (C=O) groups is 1. The predicted octanol–water partition coefficient (Wildman–Crippen LogP) is 2.74. The Bertz CT molecular complexity index is 500. The molecule has 0 aliphatic heterocycles. The van der Waals surface area contributed by atoms with E-state index in [1.54, 1.807) is 0 Å². The van der Waals surface area contributed by atoms with Crippen LogP contribution in [0.3, 0.4) is 0 Å². The van der Waals surface area contributed by atoms with Crippen LogP contribution in [0.15, 0.2) is 18.3 Å². The van der Waals surface area contributed by atoms with Gasteiger partial charge in [0.1, 0.15) is 0 Å². The van der Waals surface area contributed by atoms with Crippen molar-refractivity contribution in [1.82, 2.24) is 9.97 Å². The molecule has 0 spiro atoms. The summed E-state index contributed by atoms with van der Waals surface area (Å²) >= 11 is 5.60. The highest BCUT2D eigenvalue weighted by Crippen LogP contribution is 2.25. The first-order valence-electron chi connectivity index (χ1n) is 5.56. The van der Waals surface area contributed by atoms with Gasteiger partial charge in [-0.15, -0.1) is 0 Å². The van der Waals surface area contributed by atoms with Gasteiger partial charge in [-0.1, -0.05) is 26.8 Å². The quantitative estimate of drug-likeness (QED) is 0.658. The highest BCUT2D eigenvalue weighted by Gasteiger charge is 2.24. The van der Waals surface area contributed by atoms with Crippen molar-refractivity contribution >= 4 is 23.4 Å². The number of nitrogens with zero attached hydrogens (tertiary/aromatic N) is 2. The summed E-state index contributed by atoms with van der Waals surface area (Å²) in [7, 11) is 0. The zero-order valence-corrected chi connectivity index (χ0v) is 11.6. The Labute approximate surface area is 115 Å². The first kappa shape index (κ1) is 15.4. The van der Waals surface area contributed by atoms with Crippen LogP contribution in [0, 0.1) is 11.2 Å². The van der Waals surface area contributed by atoms with Gasteiger partial charge < -0.3 is 10.4 Å². The van der Waals surface area contributed by atoms with Crippen LogP contribution >= 0.6 is 11.6 Å². The lowest BCUT2D eigenvalue weighted by molar-refractivity contribution is -0.131. The molecule has 0 aliphatic carbocycles. The molecule has 2 N–H and O–H groups in total. The Hall–Kier alpha value is -1.69. The van der Waals surface area contributed by atoms with Gasteiger partial charge in [0, 0.05) is 6.08 Å². The molecule has 1 rings (SSSR count). The molecule has 7 heteroatoms. The fourth-order valence-electron chi connectivity index (χ4n) is 1.33. The molecule has 0 fully saturated rings. The molecule has 1 aromatic heterocycles. The maximum Gasteiger partial charge on any atom is 0.328 e. The fourth-order valence-corrected chi connectivity index (χ4v) is 1.46. The van der Waals surface area contributed by atoms with Gasteiger partial charge in [-0.25, -0.2) is 14.2 Å². The van der Waals surface area contributed by atoms with Crippen LogP contribution in [-0.2, 0) is 4.79 Å². The Morgan fingerprint density at radius 1 is 1.58 bits per heavy atom. The average Bonchev–Trinajstić information content (AvgIpc) is 2.26. The van der Waals surface area contributed by atoms with Crippen LogP contribution in [0.25, 0.3) is 0 Å². The van der Waals surface area contributed by atoms with Gasteiger partial charge in [0.2, 0.25) is 5.28 Å². The lowest BCUT2D eigenvalue weighted by atomic mass is 9.86. The van der Waals surface area contributed by atoms with Crippen molar-refractivity contribution in [2.24, 2.45) is 5.41 Å². The van der Waals surface area contributed by atoms with E-state index in [2.05, 4.69) is 15.3 Å². The zero-order chi connectivity index (χ0) is 14.6. The number of carboxylic acids is 1. The molecule has 0 saturated carbocycles. The van der Waals surface area contributed by atoms with Crippen molar-refractivity contribution in [3.05, 3.63) is 29.4 Å². The standard InChI is InChI=1S/C12H15ClFN3O2/c1-12(2,3)8(4-5-9(18)19)16-10-7(14)6-15-11(13)17-10/h4-6,8H,1-3H3,(H,18,19)(H,15,16,17)/b5-4+. The summed E-state index contributed by atoms with van der Waals surface area (Å²) in [6.07, 6.45) is 3.40. The Morgan fingerprint density at radius 3 is 2.74 bits per heavy atom. The van der Waals surface area contributed by atoms with E-state index in [0.717, 1.165) is 12.3 Å². The van der Waals surface area contributed by atoms with Crippen LogP contribution < -0.4 is 5.32 Å². The molecule has 0 aromatic carbocycles. The molecular formula is C12H15ClFN3O2. The average molecular weight is 288 g/mol. The number of carboxylic acid groups (broad SMARTS) is 1. The number of hydrogen-bond donors (Lipinski definition) is 2. The molecule has 1 aromatic rings. The second-order valence-corrected chi connectivity index (χ2v) is 5.36. The third-order valence-corrected chi connectivity index (χ3v) is 2.55. The molecule has 0 saturated heterocycles. The topological polar surface area (TPSA) is 75.1 Å². The van der Waals surface area contributed by atoms with Crippen LogP contribution in [0.4, 0.5) is 10.2 Å². The lowest BCUT2D eigenvalue weighted by Crippen LogP contribution is -2.33.